The Morgan fingerprint density at radius 1 is 0.949 bits per heavy atom. The van der Waals surface area contributed by atoms with Crippen LogP contribution >= 0.6 is 0 Å². The van der Waals surface area contributed by atoms with Crippen molar-refractivity contribution in [2.24, 2.45) is 5.73 Å². The molecule has 2 aliphatic heterocycles. The van der Waals surface area contributed by atoms with Crippen molar-refractivity contribution in [2.45, 2.75) is 5.92 Å². The molecule has 3 N–H and O–H groups in total. The summed E-state index contributed by atoms with van der Waals surface area (Å²) in [4.78, 5) is 43.4. The fourth-order valence-corrected chi connectivity index (χ4v) is 4.75. The van der Waals surface area contributed by atoms with Crippen LogP contribution in [0.15, 0.2) is 77.3 Å². The zero-order chi connectivity index (χ0) is 28.1. The van der Waals surface area contributed by atoms with E-state index in [1.54, 1.807) is 54.6 Å². The van der Waals surface area contributed by atoms with Gasteiger partial charge in [-0.25, -0.2) is 14.6 Å². The van der Waals surface area contributed by atoms with Crippen LogP contribution in [0.3, 0.4) is 0 Å². The molecule has 2 aliphatic rings. The summed E-state index contributed by atoms with van der Waals surface area (Å²) in [6, 6.07) is 17.3. The molecule has 1 amide bonds. The van der Waals surface area contributed by atoms with E-state index in [1.165, 1.54) is 19.1 Å². The maximum atomic E-state index is 13.5. The van der Waals surface area contributed by atoms with Crippen molar-refractivity contribution in [3.8, 4) is 6.07 Å². The molecular formula is C28H30N6O5. The van der Waals surface area contributed by atoms with Crippen LogP contribution in [0.4, 0.5) is 5.69 Å². The Kier molecular flexibility index (Phi) is 8.29. The van der Waals surface area contributed by atoms with Gasteiger partial charge in [0.05, 0.1) is 48.6 Å². The Labute approximate surface area is 226 Å². The number of allylic oxidation sites excluding steroid dienone is 1. The molecule has 202 valence electrons. The minimum absolute atomic E-state index is 0.0172. The number of benzene rings is 2. The number of rotatable bonds is 6. The number of nitriles is 1. The predicted octanol–water partition coefficient (Wildman–Crippen LogP) is 1.48. The highest BCUT2D eigenvalue weighted by molar-refractivity contribution is 6.08. The van der Waals surface area contributed by atoms with Gasteiger partial charge >= 0.3 is 11.9 Å². The normalized spacial score (nSPS) is 18.4. The Balaban J connectivity index is 1.91. The number of nitrogens with two attached hydrogens (primary N) is 1. The van der Waals surface area contributed by atoms with E-state index in [0.717, 1.165) is 13.1 Å². The van der Waals surface area contributed by atoms with Gasteiger partial charge in [0.1, 0.15) is 11.5 Å². The summed E-state index contributed by atoms with van der Waals surface area (Å²) in [5.74, 6) is -3.27. The number of hydrogen-bond acceptors (Lipinski definition) is 10. The number of nitrogens with one attached hydrogen (secondary N) is 1. The highest BCUT2D eigenvalue weighted by atomic mass is 16.5. The molecule has 0 saturated carbocycles. The molecule has 1 saturated heterocycles. The summed E-state index contributed by atoms with van der Waals surface area (Å²) in [5.41, 5.74) is 10.1. The first kappa shape index (κ1) is 27.4. The fraction of sp³-hybridized carbons (Fsp3) is 0.286. The number of hydrazine groups is 1. The molecule has 1 fully saturated rings. The van der Waals surface area contributed by atoms with Crippen LogP contribution < -0.4 is 16.1 Å². The number of likely N-dealkylation sites (N-methyl/N-ethyl adjacent to an activating group) is 1. The van der Waals surface area contributed by atoms with Gasteiger partial charge in [-0.3, -0.25) is 15.1 Å². The second kappa shape index (κ2) is 11.8. The molecule has 2 aromatic carbocycles. The molecule has 2 heterocycles. The van der Waals surface area contributed by atoms with Gasteiger partial charge in [-0.1, -0.05) is 42.5 Å². The SMILES string of the molecule is COC(=O)C1=C(C(=O)OC)N(c2ccccc2C(=O)NN2CCN(C)CC2)C(N)=C(C#N)C1c1ccccc1. The second-order valence-corrected chi connectivity index (χ2v) is 9.08. The van der Waals surface area contributed by atoms with Gasteiger partial charge in [0.15, 0.2) is 0 Å². The number of carbonyl (C=O) groups is 3. The molecule has 2 aromatic rings. The number of nitrogens with zero attached hydrogens (tertiary/aromatic N) is 4. The standard InChI is InChI=1S/C28H30N6O5/c1-32-13-15-33(16-14-32)31-26(35)19-11-7-8-12-21(19)34-24(28(37)39-3)23(27(36)38-2)22(20(17-29)25(34)30)18-9-5-4-6-10-18/h4-12,22H,13-16,30H2,1-3H3,(H,31,35). The second-order valence-electron chi connectivity index (χ2n) is 9.08. The first-order valence-corrected chi connectivity index (χ1v) is 12.3. The fourth-order valence-electron chi connectivity index (χ4n) is 4.75. The zero-order valence-electron chi connectivity index (χ0n) is 22.0. The van der Waals surface area contributed by atoms with Crippen molar-refractivity contribution >= 4 is 23.5 Å². The number of amides is 1. The molecule has 4 rings (SSSR count). The van der Waals surface area contributed by atoms with E-state index in [0.29, 0.717) is 18.7 Å². The van der Waals surface area contributed by atoms with E-state index < -0.39 is 23.8 Å². The maximum Gasteiger partial charge on any atom is 0.355 e. The van der Waals surface area contributed by atoms with Crippen LogP contribution in [0.2, 0.25) is 0 Å². The van der Waals surface area contributed by atoms with E-state index in [4.69, 9.17) is 15.2 Å². The summed E-state index contributed by atoms with van der Waals surface area (Å²) < 4.78 is 10.2. The van der Waals surface area contributed by atoms with Crippen molar-refractivity contribution in [1.82, 2.24) is 15.3 Å². The van der Waals surface area contributed by atoms with Crippen molar-refractivity contribution in [1.29, 1.82) is 5.26 Å². The molecule has 0 bridgehead atoms. The molecular weight excluding hydrogens is 500 g/mol. The quantitative estimate of drug-likeness (QED) is 0.528. The molecule has 1 unspecified atom stereocenters. The topological polar surface area (TPSA) is 141 Å². The smallest absolute Gasteiger partial charge is 0.355 e. The minimum atomic E-state index is -1.000. The molecule has 11 nitrogen and oxygen atoms in total. The van der Waals surface area contributed by atoms with Crippen LogP contribution in [0.5, 0.6) is 0 Å². The van der Waals surface area contributed by atoms with Gasteiger partial charge in [0.25, 0.3) is 5.91 Å². The maximum absolute atomic E-state index is 13.5. The molecule has 0 aliphatic carbocycles. The minimum Gasteiger partial charge on any atom is -0.466 e. The average Bonchev–Trinajstić information content (AvgIpc) is 2.97. The third-order valence-electron chi connectivity index (χ3n) is 6.76. The predicted molar refractivity (Wildman–Crippen MR) is 143 cm³/mol. The van der Waals surface area contributed by atoms with E-state index in [9.17, 15) is 19.6 Å². The summed E-state index contributed by atoms with van der Waals surface area (Å²) >= 11 is 0. The Hall–Kier alpha value is -4.66. The first-order chi connectivity index (χ1) is 18.8. The van der Waals surface area contributed by atoms with Gasteiger partial charge in [-0.15, -0.1) is 0 Å². The molecule has 1 atom stereocenters. The zero-order valence-corrected chi connectivity index (χ0v) is 22.0. The van der Waals surface area contributed by atoms with Crippen molar-refractivity contribution in [2.75, 3.05) is 52.3 Å². The van der Waals surface area contributed by atoms with E-state index in [-0.39, 0.29) is 33.9 Å². The number of esters is 2. The van der Waals surface area contributed by atoms with Crippen molar-refractivity contribution in [3.63, 3.8) is 0 Å². The summed E-state index contributed by atoms with van der Waals surface area (Å²) in [7, 11) is 4.36. The highest BCUT2D eigenvalue weighted by Crippen LogP contribution is 2.43. The van der Waals surface area contributed by atoms with Gasteiger partial charge in [-0.2, -0.15) is 5.26 Å². The lowest BCUT2D eigenvalue weighted by molar-refractivity contribution is -0.139. The molecule has 0 radical (unpaired) electrons. The number of para-hydroxylation sites is 1. The van der Waals surface area contributed by atoms with Crippen molar-refractivity contribution in [3.05, 3.63) is 88.4 Å². The lowest BCUT2D eigenvalue weighted by Crippen LogP contribution is -2.52. The molecule has 39 heavy (non-hydrogen) atoms. The van der Waals surface area contributed by atoms with Gasteiger partial charge in [-0.05, 0) is 24.7 Å². The lowest BCUT2D eigenvalue weighted by Gasteiger charge is -2.37. The number of hydrogen-bond donors (Lipinski definition) is 2. The average molecular weight is 531 g/mol. The number of anilines is 1. The molecule has 0 aromatic heterocycles. The van der Waals surface area contributed by atoms with Crippen LogP contribution in [0.25, 0.3) is 0 Å². The number of methoxy groups -OCH3 is 2. The molecule has 11 heteroatoms. The van der Waals surface area contributed by atoms with E-state index in [1.807, 2.05) is 12.1 Å². The number of carbonyl (C=O) groups excluding carboxylic acids is 3. The van der Waals surface area contributed by atoms with Gasteiger partial charge < -0.3 is 20.1 Å². The highest BCUT2D eigenvalue weighted by Gasteiger charge is 2.43. The number of piperazine rings is 1. The number of ether oxygens (including phenoxy) is 2. The monoisotopic (exact) mass is 530 g/mol. The lowest BCUT2D eigenvalue weighted by atomic mass is 9.80. The third-order valence-corrected chi connectivity index (χ3v) is 6.76. The molecule has 0 spiro atoms. The van der Waals surface area contributed by atoms with Gasteiger partial charge in [0, 0.05) is 26.2 Å². The summed E-state index contributed by atoms with van der Waals surface area (Å²) in [6.07, 6.45) is 0. The van der Waals surface area contributed by atoms with E-state index >= 15 is 0 Å². The van der Waals surface area contributed by atoms with Crippen molar-refractivity contribution < 1.29 is 23.9 Å². The van der Waals surface area contributed by atoms with Crippen LogP contribution in [0.1, 0.15) is 21.8 Å². The Morgan fingerprint density at radius 2 is 1.56 bits per heavy atom. The van der Waals surface area contributed by atoms with E-state index in [2.05, 4.69) is 16.4 Å². The Morgan fingerprint density at radius 3 is 2.18 bits per heavy atom. The van der Waals surface area contributed by atoms with Crippen LogP contribution in [-0.4, -0.2) is 75.2 Å². The van der Waals surface area contributed by atoms with Crippen LogP contribution in [-0.2, 0) is 19.1 Å². The van der Waals surface area contributed by atoms with Gasteiger partial charge in [0.2, 0.25) is 0 Å². The first-order valence-electron chi connectivity index (χ1n) is 12.3. The largest absolute Gasteiger partial charge is 0.466 e. The van der Waals surface area contributed by atoms with Crippen LogP contribution in [0, 0.1) is 11.3 Å². The summed E-state index contributed by atoms with van der Waals surface area (Å²) in [5, 5.41) is 12.1. The third kappa shape index (κ3) is 5.34. The summed E-state index contributed by atoms with van der Waals surface area (Å²) in [6.45, 7) is 2.84. The Bertz CT molecular complexity index is 1370.